The van der Waals surface area contributed by atoms with E-state index in [0.29, 0.717) is 6.54 Å². The predicted octanol–water partition coefficient (Wildman–Crippen LogP) is 2.82. The lowest BCUT2D eigenvalue weighted by atomic mass is 9.88. The van der Waals surface area contributed by atoms with Gasteiger partial charge >= 0.3 is 0 Å². The smallest absolute Gasteiger partial charge is 0.216 e. The molecule has 0 unspecified atom stereocenters. The van der Waals surface area contributed by atoms with E-state index in [1.54, 1.807) is 6.92 Å². The van der Waals surface area contributed by atoms with Crippen molar-refractivity contribution >= 4 is 16.8 Å². The van der Waals surface area contributed by atoms with Crippen LogP contribution >= 0.6 is 0 Å². The fourth-order valence-corrected chi connectivity index (χ4v) is 4.24. The van der Waals surface area contributed by atoms with E-state index in [9.17, 15) is 4.79 Å². The summed E-state index contributed by atoms with van der Waals surface area (Å²) in [5, 5.41) is 4.17. The molecule has 2 saturated heterocycles. The van der Waals surface area contributed by atoms with E-state index in [-0.39, 0.29) is 17.6 Å². The van der Waals surface area contributed by atoms with Crippen LogP contribution in [-0.2, 0) is 16.1 Å². The van der Waals surface area contributed by atoms with Gasteiger partial charge in [-0.2, -0.15) is 0 Å². The molecule has 0 bridgehead atoms. The number of hydrogen-bond donors (Lipinski definition) is 2. The summed E-state index contributed by atoms with van der Waals surface area (Å²) in [5.41, 5.74) is 2.54. The molecule has 1 aromatic heterocycles. The Morgan fingerprint density at radius 1 is 1.32 bits per heavy atom. The molecule has 2 aliphatic rings. The van der Waals surface area contributed by atoms with Crippen LogP contribution in [0.3, 0.4) is 0 Å². The highest BCUT2D eigenvalue weighted by atomic mass is 16.5. The van der Waals surface area contributed by atoms with Crippen LogP contribution in [-0.4, -0.2) is 47.1 Å². The first-order chi connectivity index (χ1) is 12.1. The fourth-order valence-electron chi connectivity index (χ4n) is 4.24. The summed E-state index contributed by atoms with van der Waals surface area (Å²) < 4.78 is 6.34. The van der Waals surface area contributed by atoms with Crippen molar-refractivity contribution in [2.45, 2.75) is 50.9 Å². The van der Waals surface area contributed by atoms with Gasteiger partial charge in [-0.25, -0.2) is 0 Å². The predicted molar refractivity (Wildman–Crippen MR) is 98.3 cm³/mol. The average molecular weight is 341 g/mol. The Morgan fingerprint density at radius 3 is 2.88 bits per heavy atom. The molecule has 1 spiro atoms. The summed E-state index contributed by atoms with van der Waals surface area (Å²) in [7, 11) is 0. The number of rotatable bonds is 4. The van der Waals surface area contributed by atoms with E-state index < -0.39 is 0 Å². The molecule has 25 heavy (non-hydrogen) atoms. The Bertz CT molecular complexity index is 713. The summed E-state index contributed by atoms with van der Waals surface area (Å²) in [5.74, 6) is 0.0257. The molecule has 134 valence electrons. The Hall–Kier alpha value is -1.85. The van der Waals surface area contributed by atoms with E-state index in [0.717, 1.165) is 45.3 Å². The van der Waals surface area contributed by atoms with E-state index in [1.807, 2.05) is 0 Å². The first-order valence-electron chi connectivity index (χ1n) is 9.33. The number of likely N-dealkylation sites (tertiary alicyclic amines) is 1. The summed E-state index contributed by atoms with van der Waals surface area (Å²) in [4.78, 5) is 17.1. The van der Waals surface area contributed by atoms with Gasteiger partial charge in [0.1, 0.15) is 0 Å². The zero-order chi connectivity index (χ0) is 17.3. The number of aromatic nitrogens is 1. The van der Waals surface area contributed by atoms with Crippen molar-refractivity contribution in [1.82, 2.24) is 15.2 Å². The SMILES string of the molecule is CC(=O)NC[C@@H]1CCC2(CCN(Cc3cc4ccccc4[nH]3)CC2)O1. The highest BCUT2D eigenvalue weighted by Gasteiger charge is 2.42. The second-order valence-corrected chi connectivity index (χ2v) is 7.56. The van der Waals surface area contributed by atoms with Crippen molar-refractivity contribution in [2.75, 3.05) is 19.6 Å². The van der Waals surface area contributed by atoms with Gasteiger partial charge in [0.25, 0.3) is 0 Å². The Balaban J connectivity index is 1.30. The van der Waals surface area contributed by atoms with Gasteiger partial charge in [0.05, 0.1) is 11.7 Å². The van der Waals surface area contributed by atoms with Gasteiger partial charge in [-0.05, 0) is 43.2 Å². The maximum Gasteiger partial charge on any atom is 0.216 e. The van der Waals surface area contributed by atoms with Gasteiger partial charge in [-0.3, -0.25) is 9.69 Å². The number of hydrogen-bond acceptors (Lipinski definition) is 3. The zero-order valence-electron chi connectivity index (χ0n) is 14.9. The van der Waals surface area contributed by atoms with Crippen LogP contribution in [0.1, 0.15) is 38.3 Å². The maximum atomic E-state index is 11.1. The average Bonchev–Trinajstić information content (AvgIpc) is 3.19. The molecule has 4 rings (SSSR count). The molecule has 1 atom stereocenters. The number of benzene rings is 1. The number of carbonyl (C=O) groups is 1. The molecule has 5 heteroatoms. The number of H-pyrrole nitrogens is 1. The lowest BCUT2D eigenvalue weighted by Crippen LogP contribution is -2.44. The number of ether oxygens (including phenoxy) is 1. The van der Waals surface area contributed by atoms with Crippen molar-refractivity contribution in [3.05, 3.63) is 36.0 Å². The molecule has 3 heterocycles. The van der Waals surface area contributed by atoms with Crippen LogP contribution in [0.4, 0.5) is 0 Å². The summed E-state index contributed by atoms with van der Waals surface area (Å²) >= 11 is 0. The Labute approximate surface area is 148 Å². The van der Waals surface area contributed by atoms with E-state index in [2.05, 4.69) is 45.5 Å². The lowest BCUT2D eigenvalue weighted by molar-refractivity contribution is -0.120. The first kappa shape index (κ1) is 16.6. The second-order valence-electron chi connectivity index (χ2n) is 7.56. The molecule has 0 saturated carbocycles. The quantitative estimate of drug-likeness (QED) is 0.899. The number of aromatic amines is 1. The van der Waals surface area contributed by atoms with Crippen molar-refractivity contribution in [1.29, 1.82) is 0 Å². The number of piperidine rings is 1. The van der Waals surface area contributed by atoms with Gasteiger partial charge in [0.15, 0.2) is 0 Å². The van der Waals surface area contributed by atoms with Gasteiger partial charge in [0.2, 0.25) is 5.91 Å². The summed E-state index contributed by atoms with van der Waals surface area (Å²) in [6.45, 7) is 5.33. The van der Waals surface area contributed by atoms with Crippen LogP contribution in [0, 0.1) is 0 Å². The number of carbonyl (C=O) groups excluding carboxylic acids is 1. The Morgan fingerprint density at radius 2 is 2.12 bits per heavy atom. The monoisotopic (exact) mass is 341 g/mol. The van der Waals surface area contributed by atoms with Crippen molar-refractivity contribution < 1.29 is 9.53 Å². The number of para-hydroxylation sites is 1. The van der Waals surface area contributed by atoms with Crippen LogP contribution in [0.5, 0.6) is 0 Å². The number of amides is 1. The standard InChI is InChI=1S/C20H27N3O2/c1-15(24)21-13-18-6-7-20(25-18)8-10-23(11-9-20)14-17-12-16-4-2-3-5-19(16)22-17/h2-5,12,18,22H,6-11,13-14H2,1H3,(H,21,24)/t18-/m0/s1. The highest BCUT2D eigenvalue weighted by molar-refractivity contribution is 5.80. The van der Waals surface area contributed by atoms with Crippen molar-refractivity contribution in [2.24, 2.45) is 0 Å². The molecule has 1 aromatic carbocycles. The normalized spacial score (nSPS) is 23.3. The molecule has 0 aliphatic carbocycles. The number of fused-ring (bicyclic) bond motifs is 1. The van der Waals surface area contributed by atoms with Crippen LogP contribution in [0.25, 0.3) is 10.9 Å². The number of nitrogens with zero attached hydrogens (tertiary/aromatic N) is 1. The molecule has 2 fully saturated rings. The van der Waals surface area contributed by atoms with E-state index >= 15 is 0 Å². The minimum Gasteiger partial charge on any atom is -0.370 e. The minimum atomic E-state index is 0.0257. The van der Waals surface area contributed by atoms with E-state index in [4.69, 9.17) is 4.74 Å². The third-order valence-electron chi connectivity index (χ3n) is 5.66. The summed E-state index contributed by atoms with van der Waals surface area (Å²) in [6.07, 6.45) is 4.54. The number of nitrogens with one attached hydrogen (secondary N) is 2. The van der Waals surface area contributed by atoms with Crippen molar-refractivity contribution in [3.63, 3.8) is 0 Å². The molecule has 2 aliphatic heterocycles. The summed E-state index contributed by atoms with van der Waals surface area (Å²) in [6, 6.07) is 10.7. The molecule has 2 N–H and O–H groups in total. The van der Waals surface area contributed by atoms with Gasteiger partial charge < -0.3 is 15.0 Å². The second kappa shape index (κ2) is 6.81. The molecule has 2 aromatic rings. The zero-order valence-corrected chi connectivity index (χ0v) is 14.9. The van der Waals surface area contributed by atoms with E-state index in [1.165, 1.54) is 16.6 Å². The molecule has 1 amide bonds. The van der Waals surface area contributed by atoms with Crippen LogP contribution in [0.15, 0.2) is 30.3 Å². The maximum absolute atomic E-state index is 11.1. The van der Waals surface area contributed by atoms with Crippen molar-refractivity contribution in [3.8, 4) is 0 Å². The van der Waals surface area contributed by atoms with Crippen LogP contribution in [0.2, 0.25) is 0 Å². The van der Waals surface area contributed by atoms with Gasteiger partial charge in [0, 0.05) is 44.3 Å². The third kappa shape index (κ3) is 3.72. The molecule has 0 radical (unpaired) electrons. The minimum absolute atomic E-state index is 0.0257. The molecule has 5 nitrogen and oxygen atoms in total. The third-order valence-corrected chi connectivity index (χ3v) is 5.66. The van der Waals surface area contributed by atoms with Gasteiger partial charge in [-0.1, -0.05) is 18.2 Å². The topological polar surface area (TPSA) is 57.4 Å². The lowest BCUT2D eigenvalue weighted by Gasteiger charge is -2.39. The first-order valence-corrected chi connectivity index (χ1v) is 9.33. The van der Waals surface area contributed by atoms with Crippen LogP contribution < -0.4 is 5.32 Å². The van der Waals surface area contributed by atoms with Gasteiger partial charge in [-0.15, -0.1) is 0 Å². The Kier molecular flexibility index (Phi) is 4.52. The largest absolute Gasteiger partial charge is 0.370 e. The molecular weight excluding hydrogens is 314 g/mol. The molecular formula is C20H27N3O2. The highest BCUT2D eigenvalue weighted by Crippen LogP contribution is 2.39. The fraction of sp³-hybridized carbons (Fsp3) is 0.550.